The Morgan fingerprint density at radius 1 is 1.35 bits per heavy atom. The number of fused-ring (bicyclic) bond motifs is 1. The molecule has 0 spiro atoms. The van der Waals surface area contributed by atoms with Gasteiger partial charge in [-0.1, -0.05) is 24.8 Å². The van der Waals surface area contributed by atoms with Crippen LogP contribution >= 0.6 is 11.3 Å². The minimum absolute atomic E-state index is 0.0933. The second-order valence-electron chi connectivity index (χ2n) is 3.81. The minimum atomic E-state index is -0.683. The van der Waals surface area contributed by atoms with Crippen LogP contribution in [0.4, 0.5) is 4.79 Å². The average Bonchev–Trinajstić information content (AvgIpc) is 2.86. The molecular weight excluding hydrogens is 278 g/mol. The first-order valence-corrected chi connectivity index (χ1v) is 6.77. The largest absolute Gasteiger partial charge is 0.445 e. The maximum atomic E-state index is 11.6. The van der Waals surface area contributed by atoms with Gasteiger partial charge in [0.2, 0.25) is 0 Å². The number of hydrogen-bond acceptors (Lipinski definition) is 5. The molecule has 20 heavy (non-hydrogen) atoms. The summed E-state index contributed by atoms with van der Waals surface area (Å²) in [6, 6.07) is 7.61. The fraction of sp³-hybridized carbons (Fsp3) is 0.143. The number of carbonyl (C=O) groups excluding carboxylic acids is 2. The average molecular weight is 291 g/mol. The number of alkyl carbamates (subject to hydrolysis) is 1. The summed E-state index contributed by atoms with van der Waals surface area (Å²) in [6.45, 7) is 3.25. The highest BCUT2D eigenvalue weighted by molar-refractivity contribution is 7.17. The molecule has 0 fully saturated rings. The van der Waals surface area contributed by atoms with E-state index in [4.69, 9.17) is 4.74 Å². The number of amides is 1. The van der Waals surface area contributed by atoms with Crippen LogP contribution in [0.25, 0.3) is 10.1 Å². The zero-order valence-corrected chi connectivity index (χ0v) is 11.4. The molecule has 0 aliphatic rings. The topological polar surface area (TPSA) is 64.6 Å². The van der Waals surface area contributed by atoms with Gasteiger partial charge in [-0.15, -0.1) is 11.3 Å². The predicted octanol–water partition coefficient (Wildman–Crippen LogP) is 2.72. The summed E-state index contributed by atoms with van der Waals surface area (Å²) in [5, 5.41) is 4.94. The Bertz CT molecular complexity index is 635. The lowest BCUT2D eigenvalue weighted by atomic mass is 10.2. The molecule has 1 heterocycles. The molecule has 0 aliphatic heterocycles. The smallest absolute Gasteiger partial charge is 0.407 e. The van der Waals surface area contributed by atoms with Crippen molar-refractivity contribution in [1.82, 2.24) is 5.32 Å². The van der Waals surface area contributed by atoms with E-state index in [2.05, 4.69) is 16.6 Å². The number of benzene rings is 1. The van der Waals surface area contributed by atoms with Gasteiger partial charge in [-0.25, -0.2) is 9.59 Å². The Labute approximate surface area is 119 Å². The minimum Gasteiger partial charge on any atom is -0.445 e. The summed E-state index contributed by atoms with van der Waals surface area (Å²) in [5.74, 6) is -0.0547. The molecule has 0 saturated carbocycles. The van der Waals surface area contributed by atoms with Crippen LogP contribution in [0.15, 0.2) is 42.3 Å². The lowest BCUT2D eigenvalue weighted by molar-refractivity contribution is -0.133. The summed E-state index contributed by atoms with van der Waals surface area (Å²) in [4.78, 5) is 22.8. The van der Waals surface area contributed by atoms with E-state index < -0.39 is 12.1 Å². The lowest BCUT2D eigenvalue weighted by Crippen LogP contribution is -2.32. The lowest BCUT2D eigenvalue weighted by Gasteiger charge is -2.05. The number of ether oxygens (including phenoxy) is 2. The molecule has 104 valence electrons. The number of hydrogen-bond donors (Lipinski definition) is 1. The van der Waals surface area contributed by atoms with Gasteiger partial charge in [0, 0.05) is 15.5 Å². The van der Waals surface area contributed by atoms with E-state index in [1.165, 1.54) is 17.4 Å². The molecule has 6 heteroatoms. The Kier molecular flexibility index (Phi) is 4.73. The molecule has 5 nitrogen and oxygen atoms in total. The standard InChI is InChI=1S/C14H13NO4S/c1-2-7-18-14(17)15-8-13(16)19-11-9-20-12-6-4-3-5-10(11)12/h2-6,9H,1,7-8H2,(H,15,17). The maximum absolute atomic E-state index is 11.6. The zero-order valence-electron chi connectivity index (χ0n) is 10.6. The zero-order chi connectivity index (χ0) is 14.4. The first-order valence-electron chi connectivity index (χ1n) is 5.89. The van der Waals surface area contributed by atoms with Gasteiger partial charge in [0.25, 0.3) is 0 Å². The first kappa shape index (κ1) is 14.1. The third-order valence-corrected chi connectivity index (χ3v) is 3.32. The van der Waals surface area contributed by atoms with Gasteiger partial charge in [0.05, 0.1) is 0 Å². The monoisotopic (exact) mass is 291 g/mol. The highest BCUT2D eigenvalue weighted by Crippen LogP contribution is 2.31. The van der Waals surface area contributed by atoms with Gasteiger partial charge in [0.1, 0.15) is 18.9 Å². The van der Waals surface area contributed by atoms with E-state index in [0.717, 1.165) is 10.1 Å². The normalized spacial score (nSPS) is 10.0. The Morgan fingerprint density at radius 3 is 2.95 bits per heavy atom. The van der Waals surface area contributed by atoms with Crippen LogP contribution in [0.2, 0.25) is 0 Å². The van der Waals surface area contributed by atoms with Crippen molar-refractivity contribution >= 4 is 33.5 Å². The molecule has 0 unspecified atom stereocenters. The van der Waals surface area contributed by atoms with Crippen LogP contribution in [0.1, 0.15) is 0 Å². The second kappa shape index (κ2) is 6.72. The molecule has 0 aliphatic carbocycles. The number of thiophene rings is 1. The highest BCUT2D eigenvalue weighted by Gasteiger charge is 2.11. The van der Waals surface area contributed by atoms with E-state index in [0.29, 0.717) is 5.75 Å². The van der Waals surface area contributed by atoms with Crippen LogP contribution < -0.4 is 10.1 Å². The van der Waals surface area contributed by atoms with E-state index in [1.807, 2.05) is 24.3 Å². The maximum Gasteiger partial charge on any atom is 0.407 e. The van der Waals surface area contributed by atoms with Gasteiger partial charge in [-0.2, -0.15) is 0 Å². The van der Waals surface area contributed by atoms with Crippen LogP contribution in [0.3, 0.4) is 0 Å². The van der Waals surface area contributed by atoms with E-state index >= 15 is 0 Å². The van der Waals surface area contributed by atoms with Gasteiger partial charge in [-0.05, 0) is 12.1 Å². The number of nitrogens with one attached hydrogen (secondary N) is 1. The van der Waals surface area contributed by atoms with Crippen LogP contribution in [-0.2, 0) is 9.53 Å². The first-order chi connectivity index (χ1) is 9.70. The number of esters is 1. The Balaban J connectivity index is 1.88. The molecule has 1 amide bonds. The molecular formula is C14H13NO4S. The summed E-state index contributed by atoms with van der Waals surface area (Å²) in [7, 11) is 0. The van der Waals surface area contributed by atoms with Gasteiger partial charge >= 0.3 is 12.1 Å². The molecule has 0 radical (unpaired) electrons. The molecule has 1 aromatic carbocycles. The summed E-state index contributed by atoms with van der Waals surface area (Å²) >= 11 is 1.49. The van der Waals surface area contributed by atoms with E-state index in [-0.39, 0.29) is 13.2 Å². The molecule has 2 aromatic rings. The molecule has 2 rings (SSSR count). The number of rotatable bonds is 5. The van der Waals surface area contributed by atoms with Crippen molar-refractivity contribution in [1.29, 1.82) is 0 Å². The van der Waals surface area contributed by atoms with Gasteiger partial charge in [-0.3, -0.25) is 0 Å². The van der Waals surface area contributed by atoms with Crippen molar-refractivity contribution in [2.75, 3.05) is 13.2 Å². The summed E-state index contributed by atoms with van der Waals surface area (Å²) in [6.07, 6.45) is 0.757. The van der Waals surface area contributed by atoms with Gasteiger partial charge in [0.15, 0.2) is 0 Å². The van der Waals surface area contributed by atoms with E-state index in [9.17, 15) is 9.59 Å². The van der Waals surface area contributed by atoms with Crippen molar-refractivity contribution < 1.29 is 19.1 Å². The van der Waals surface area contributed by atoms with E-state index in [1.54, 1.807) is 5.38 Å². The molecule has 0 saturated heterocycles. The van der Waals surface area contributed by atoms with Crippen LogP contribution in [0, 0.1) is 0 Å². The fourth-order valence-electron chi connectivity index (χ4n) is 1.52. The highest BCUT2D eigenvalue weighted by atomic mass is 32.1. The third kappa shape index (κ3) is 3.58. The predicted molar refractivity (Wildman–Crippen MR) is 77.0 cm³/mol. The van der Waals surface area contributed by atoms with Crippen LogP contribution in [0.5, 0.6) is 5.75 Å². The fourth-order valence-corrected chi connectivity index (χ4v) is 2.38. The second-order valence-corrected chi connectivity index (χ2v) is 4.72. The molecule has 0 bridgehead atoms. The Hall–Kier alpha value is -2.34. The van der Waals surface area contributed by atoms with Crippen LogP contribution in [-0.4, -0.2) is 25.2 Å². The van der Waals surface area contributed by atoms with Gasteiger partial charge < -0.3 is 14.8 Å². The van der Waals surface area contributed by atoms with Crippen molar-refractivity contribution in [3.63, 3.8) is 0 Å². The SMILES string of the molecule is C=CCOC(=O)NCC(=O)Oc1csc2ccccc12. The molecule has 0 atom stereocenters. The van der Waals surface area contributed by atoms with Crippen molar-refractivity contribution in [3.05, 3.63) is 42.3 Å². The number of carbonyl (C=O) groups is 2. The van der Waals surface area contributed by atoms with Crippen molar-refractivity contribution in [2.45, 2.75) is 0 Å². The quantitative estimate of drug-likeness (QED) is 0.679. The molecule has 1 N–H and O–H groups in total. The molecule has 1 aromatic heterocycles. The Morgan fingerprint density at radius 2 is 2.15 bits per heavy atom. The van der Waals surface area contributed by atoms with Crippen molar-refractivity contribution in [2.24, 2.45) is 0 Å². The summed E-state index contributed by atoms with van der Waals surface area (Å²) < 4.78 is 10.9. The van der Waals surface area contributed by atoms with Crippen molar-refractivity contribution in [3.8, 4) is 5.75 Å². The third-order valence-electron chi connectivity index (χ3n) is 2.38. The summed E-state index contributed by atoms with van der Waals surface area (Å²) in [5.41, 5.74) is 0.